The van der Waals surface area contributed by atoms with Crippen molar-refractivity contribution in [2.45, 2.75) is 58.8 Å². The van der Waals surface area contributed by atoms with E-state index in [-0.39, 0.29) is 42.4 Å². The number of aliphatic imine (C=N–C) groups is 1. The number of hydrogen-bond acceptors (Lipinski definition) is 4. The van der Waals surface area contributed by atoms with E-state index >= 15 is 0 Å². The third kappa shape index (κ3) is 6.36. The highest BCUT2D eigenvalue weighted by Gasteiger charge is 2.22. The molecule has 1 aliphatic heterocycles. The topological polar surface area (TPSA) is 76.4 Å². The van der Waals surface area contributed by atoms with Crippen LogP contribution in [0.3, 0.4) is 0 Å². The molecule has 1 aliphatic rings. The van der Waals surface area contributed by atoms with E-state index in [1.165, 1.54) is 6.07 Å². The number of aromatic nitrogens is 3. The summed E-state index contributed by atoms with van der Waals surface area (Å²) in [6, 6.07) is 5.28. The largest absolute Gasteiger partial charge is 0.380 e. The highest BCUT2D eigenvalue weighted by molar-refractivity contribution is 14.0. The number of methoxy groups -OCH3 is 1. The maximum atomic E-state index is 13.8. The molecule has 160 valence electrons. The first-order valence-electron chi connectivity index (χ1n) is 9.86. The van der Waals surface area contributed by atoms with E-state index in [2.05, 4.69) is 32.6 Å². The molecule has 0 bridgehead atoms. The van der Waals surface area contributed by atoms with Crippen LogP contribution in [0.4, 0.5) is 4.39 Å². The summed E-state index contributed by atoms with van der Waals surface area (Å²) in [6.45, 7) is 6.38. The van der Waals surface area contributed by atoms with Crippen LogP contribution in [0.15, 0.2) is 23.2 Å². The van der Waals surface area contributed by atoms with Crippen molar-refractivity contribution in [2.24, 2.45) is 4.99 Å². The Bertz CT molecular complexity index is 825. The second kappa shape index (κ2) is 11.4. The van der Waals surface area contributed by atoms with E-state index in [0.717, 1.165) is 55.5 Å². The Labute approximate surface area is 188 Å². The third-order valence-corrected chi connectivity index (χ3v) is 4.73. The summed E-state index contributed by atoms with van der Waals surface area (Å²) in [7, 11) is 1.56. The maximum Gasteiger partial charge on any atom is 0.191 e. The molecule has 1 unspecified atom stereocenters. The van der Waals surface area contributed by atoms with Gasteiger partial charge < -0.3 is 15.4 Å². The maximum absolute atomic E-state index is 13.8. The predicted octanol–water partition coefficient (Wildman–Crippen LogP) is 2.81. The molecule has 2 N–H and O–H groups in total. The van der Waals surface area contributed by atoms with Crippen LogP contribution in [0.2, 0.25) is 0 Å². The highest BCUT2D eigenvalue weighted by atomic mass is 127. The molecule has 2 heterocycles. The monoisotopic (exact) mass is 516 g/mol. The summed E-state index contributed by atoms with van der Waals surface area (Å²) in [5.41, 5.74) is 1.49. The predicted molar refractivity (Wildman–Crippen MR) is 122 cm³/mol. The highest BCUT2D eigenvalue weighted by Crippen LogP contribution is 2.14. The lowest BCUT2D eigenvalue weighted by Crippen LogP contribution is -2.47. The quantitative estimate of drug-likeness (QED) is 0.337. The van der Waals surface area contributed by atoms with Crippen molar-refractivity contribution in [3.05, 3.63) is 46.8 Å². The molecule has 0 amide bonds. The Morgan fingerprint density at radius 1 is 1.38 bits per heavy atom. The zero-order valence-corrected chi connectivity index (χ0v) is 19.6. The Kier molecular flexibility index (Phi) is 9.28. The molecule has 7 nitrogen and oxygen atoms in total. The Balaban J connectivity index is 0.00000300. The summed E-state index contributed by atoms with van der Waals surface area (Å²) in [5.74, 6) is 2.47. The fraction of sp³-hybridized carbons (Fsp3) is 0.550. The number of rotatable bonds is 7. The second-order valence-electron chi connectivity index (χ2n) is 6.91. The minimum absolute atomic E-state index is 0. The van der Waals surface area contributed by atoms with E-state index in [9.17, 15) is 4.39 Å². The van der Waals surface area contributed by atoms with Crippen LogP contribution in [0.5, 0.6) is 0 Å². The molecule has 1 aromatic heterocycles. The molecule has 0 fully saturated rings. The minimum Gasteiger partial charge on any atom is -0.380 e. The SMILES string of the molecule is CCNC(=NCc1ccc(F)c(COC)c1)NC1CCc2nc(CC)nn2C1.I. The average Bonchev–Trinajstić information content (AvgIpc) is 3.11. The van der Waals surface area contributed by atoms with Crippen molar-refractivity contribution in [2.75, 3.05) is 13.7 Å². The molecule has 1 aromatic carbocycles. The van der Waals surface area contributed by atoms with Crippen LogP contribution >= 0.6 is 24.0 Å². The summed E-state index contributed by atoms with van der Waals surface area (Å²) >= 11 is 0. The first kappa shape index (κ1) is 23.5. The lowest BCUT2D eigenvalue weighted by Gasteiger charge is -2.25. The van der Waals surface area contributed by atoms with Gasteiger partial charge in [-0.2, -0.15) is 5.10 Å². The van der Waals surface area contributed by atoms with E-state index in [1.54, 1.807) is 19.2 Å². The summed E-state index contributed by atoms with van der Waals surface area (Å²) in [4.78, 5) is 9.23. The number of nitrogens with zero attached hydrogens (tertiary/aromatic N) is 4. The van der Waals surface area contributed by atoms with Crippen molar-refractivity contribution in [1.82, 2.24) is 25.4 Å². The van der Waals surface area contributed by atoms with Gasteiger partial charge in [-0.25, -0.2) is 19.0 Å². The zero-order valence-electron chi connectivity index (χ0n) is 17.2. The van der Waals surface area contributed by atoms with Crippen molar-refractivity contribution in [3.8, 4) is 0 Å². The molecular formula is C20H30FIN6O. The van der Waals surface area contributed by atoms with Gasteiger partial charge in [0.1, 0.15) is 11.6 Å². The fourth-order valence-corrected chi connectivity index (χ4v) is 3.30. The number of fused-ring (bicyclic) bond motifs is 1. The van der Waals surface area contributed by atoms with Gasteiger partial charge >= 0.3 is 0 Å². The van der Waals surface area contributed by atoms with E-state index in [4.69, 9.17) is 4.74 Å². The third-order valence-electron chi connectivity index (χ3n) is 4.73. The number of ether oxygens (including phenoxy) is 1. The van der Waals surface area contributed by atoms with Crippen LogP contribution in [0, 0.1) is 5.82 Å². The van der Waals surface area contributed by atoms with Gasteiger partial charge in [-0.3, -0.25) is 0 Å². The number of aryl methyl sites for hydroxylation is 2. The van der Waals surface area contributed by atoms with E-state index < -0.39 is 0 Å². The normalized spacial score (nSPS) is 16.1. The number of halogens is 2. The van der Waals surface area contributed by atoms with Crippen molar-refractivity contribution in [3.63, 3.8) is 0 Å². The second-order valence-corrected chi connectivity index (χ2v) is 6.91. The number of nitrogens with one attached hydrogen (secondary N) is 2. The van der Waals surface area contributed by atoms with Gasteiger partial charge in [0.15, 0.2) is 11.8 Å². The van der Waals surface area contributed by atoms with Crippen LogP contribution < -0.4 is 10.6 Å². The van der Waals surface area contributed by atoms with Gasteiger partial charge in [-0.1, -0.05) is 13.0 Å². The fourth-order valence-electron chi connectivity index (χ4n) is 3.30. The Hall–Kier alpha value is -1.75. The van der Waals surface area contributed by atoms with Gasteiger partial charge in [0.25, 0.3) is 0 Å². The van der Waals surface area contributed by atoms with Gasteiger partial charge in [-0.05, 0) is 31.0 Å². The molecular weight excluding hydrogens is 486 g/mol. The standard InChI is InChI=1S/C20H29FN6O.HI/c1-4-18-25-19-9-7-16(12-27(19)26-18)24-20(22-5-2)23-11-14-6-8-17(21)15(10-14)13-28-3;/h6,8,10,16H,4-5,7,9,11-13H2,1-3H3,(H2,22,23,24);1H. The molecule has 9 heteroatoms. The van der Waals surface area contributed by atoms with Crippen LogP contribution in [0.25, 0.3) is 0 Å². The van der Waals surface area contributed by atoms with Crippen molar-refractivity contribution < 1.29 is 9.13 Å². The minimum atomic E-state index is -0.253. The Morgan fingerprint density at radius 2 is 2.21 bits per heavy atom. The van der Waals surface area contributed by atoms with Crippen LogP contribution in [-0.2, 0) is 37.3 Å². The molecule has 0 saturated carbocycles. The molecule has 0 radical (unpaired) electrons. The van der Waals surface area contributed by atoms with Crippen molar-refractivity contribution in [1.29, 1.82) is 0 Å². The molecule has 0 aliphatic carbocycles. The zero-order chi connectivity index (χ0) is 19.9. The molecule has 0 saturated heterocycles. The number of guanidine groups is 1. The van der Waals surface area contributed by atoms with E-state index in [1.807, 2.05) is 11.6 Å². The van der Waals surface area contributed by atoms with E-state index in [0.29, 0.717) is 12.1 Å². The van der Waals surface area contributed by atoms with Gasteiger partial charge in [-0.15, -0.1) is 24.0 Å². The van der Waals surface area contributed by atoms with Gasteiger partial charge in [0.05, 0.1) is 19.7 Å². The van der Waals surface area contributed by atoms with Gasteiger partial charge in [0, 0.05) is 38.1 Å². The summed E-state index contributed by atoms with van der Waals surface area (Å²) < 4.78 is 20.8. The van der Waals surface area contributed by atoms with Crippen LogP contribution in [-0.4, -0.2) is 40.4 Å². The van der Waals surface area contributed by atoms with Crippen molar-refractivity contribution >= 4 is 29.9 Å². The average molecular weight is 516 g/mol. The molecule has 2 aromatic rings. The molecule has 0 spiro atoms. The van der Waals surface area contributed by atoms with Gasteiger partial charge in [0.2, 0.25) is 0 Å². The molecule has 3 rings (SSSR count). The summed E-state index contributed by atoms with van der Waals surface area (Å²) in [5, 5.41) is 11.3. The Morgan fingerprint density at radius 3 is 2.93 bits per heavy atom. The number of hydrogen-bond donors (Lipinski definition) is 2. The molecule has 1 atom stereocenters. The summed E-state index contributed by atoms with van der Waals surface area (Å²) in [6.07, 6.45) is 2.74. The lowest BCUT2D eigenvalue weighted by molar-refractivity contribution is 0.181. The van der Waals surface area contributed by atoms with Crippen LogP contribution in [0.1, 0.15) is 43.0 Å². The first-order valence-corrected chi connectivity index (χ1v) is 9.86. The number of benzene rings is 1. The first-order chi connectivity index (χ1) is 13.6. The lowest BCUT2D eigenvalue weighted by atomic mass is 10.1. The molecule has 29 heavy (non-hydrogen) atoms. The smallest absolute Gasteiger partial charge is 0.191 e.